The van der Waals surface area contributed by atoms with Gasteiger partial charge in [-0.2, -0.15) is 10.4 Å². The van der Waals surface area contributed by atoms with Gasteiger partial charge in [-0.15, -0.1) is 0 Å². The van der Waals surface area contributed by atoms with Crippen LogP contribution in [0.4, 0.5) is 0 Å². The zero-order chi connectivity index (χ0) is 21.3. The normalized spacial score (nSPS) is 11.4. The molecule has 0 radical (unpaired) electrons. The number of pyridine rings is 1. The van der Waals surface area contributed by atoms with Crippen molar-refractivity contribution < 1.29 is 0 Å². The van der Waals surface area contributed by atoms with E-state index in [-0.39, 0.29) is 0 Å². The molecule has 0 bridgehead atoms. The van der Waals surface area contributed by atoms with Gasteiger partial charge >= 0.3 is 0 Å². The van der Waals surface area contributed by atoms with Crippen LogP contribution in [0.2, 0.25) is 0 Å². The molecule has 0 fully saturated rings. The number of benzene rings is 3. The summed E-state index contributed by atoms with van der Waals surface area (Å²) in [7, 11) is 0. The Morgan fingerprint density at radius 2 is 1.19 bits per heavy atom. The fourth-order valence-corrected chi connectivity index (χ4v) is 4.64. The van der Waals surface area contributed by atoms with E-state index in [9.17, 15) is 5.26 Å². The summed E-state index contributed by atoms with van der Waals surface area (Å²) < 4.78 is 2.62. The molecule has 5 aromatic rings. The number of halogens is 1. The lowest BCUT2D eigenvalue weighted by atomic mass is 9.77. The van der Waals surface area contributed by atoms with Crippen LogP contribution in [-0.2, 0) is 5.54 Å². The Morgan fingerprint density at radius 3 is 1.65 bits per heavy atom. The molecule has 0 unspecified atom stereocenters. The van der Waals surface area contributed by atoms with Crippen LogP contribution in [0.5, 0.6) is 0 Å². The van der Waals surface area contributed by atoms with Crippen molar-refractivity contribution >= 4 is 27.0 Å². The number of nitriles is 1. The minimum absolute atomic E-state index is 0.359. The first-order valence-corrected chi connectivity index (χ1v) is 10.7. The third kappa shape index (κ3) is 3.04. The van der Waals surface area contributed by atoms with Gasteiger partial charge in [-0.25, -0.2) is 9.67 Å². The molecule has 0 N–H and O–H groups in total. The molecule has 3 aromatic carbocycles. The molecular weight excluding hydrogens is 448 g/mol. The first-order valence-electron chi connectivity index (χ1n) is 9.87. The fraction of sp³-hybridized carbons (Fsp3) is 0.0385. The second kappa shape index (κ2) is 7.82. The Hall–Kier alpha value is -3.75. The summed E-state index contributed by atoms with van der Waals surface area (Å²) in [5.41, 5.74) is 4.35. The number of nitrogens with zero attached hydrogens (tertiary/aromatic N) is 4. The van der Waals surface area contributed by atoms with Crippen LogP contribution in [0.15, 0.2) is 108 Å². The van der Waals surface area contributed by atoms with E-state index in [1.54, 1.807) is 6.07 Å². The van der Waals surface area contributed by atoms with Crippen LogP contribution >= 0.6 is 15.9 Å². The zero-order valence-electron chi connectivity index (χ0n) is 16.5. The molecule has 0 saturated carbocycles. The summed E-state index contributed by atoms with van der Waals surface area (Å²) in [6, 6.07) is 36.8. The van der Waals surface area contributed by atoms with E-state index in [0.717, 1.165) is 22.2 Å². The Morgan fingerprint density at radius 1 is 0.710 bits per heavy atom. The van der Waals surface area contributed by atoms with E-state index in [0.29, 0.717) is 15.8 Å². The van der Waals surface area contributed by atoms with Crippen molar-refractivity contribution in [3.05, 3.63) is 130 Å². The van der Waals surface area contributed by atoms with Crippen molar-refractivity contribution in [3.8, 4) is 6.07 Å². The molecule has 148 valence electrons. The number of hydrogen-bond acceptors (Lipinski definition) is 3. The van der Waals surface area contributed by atoms with E-state index in [1.165, 1.54) is 0 Å². The van der Waals surface area contributed by atoms with Crippen molar-refractivity contribution in [1.29, 1.82) is 5.26 Å². The lowest BCUT2D eigenvalue weighted by Crippen LogP contribution is -2.38. The number of fused-ring (bicyclic) bond motifs is 1. The lowest BCUT2D eigenvalue weighted by Gasteiger charge is -2.36. The van der Waals surface area contributed by atoms with Crippen molar-refractivity contribution in [1.82, 2.24) is 14.8 Å². The minimum atomic E-state index is -0.732. The van der Waals surface area contributed by atoms with Crippen molar-refractivity contribution in [2.45, 2.75) is 5.54 Å². The van der Waals surface area contributed by atoms with Crippen molar-refractivity contribution in [2.24, 2.45) is 0 Å². The molecule has 4 nitrogen and oxygen atoms in total. The van der Waals surface area contributed by atoms with Gasteiger partial charge in [0.1, 0.15) is 22.8 Å². The lowest BCUT2D eigenvalue weighted by molar-refractivity contribution is 0.473. The average Bonchev–Trinajstić information content (AvgIpc) is 3.17. The predicted molar refractivity (Wildman–Crippen MR) is 125 cm³/mol. The average molecular weight is 465 g/mol. The molecule has 0 atom stereocenters. The molecule has 0 aliphatic rings. The van der Waals surface area contributed by atoms with Gasteiger partial charge in [0.05, 0.1) is 5.52 Å². The van der Waals surface area contributed by atoms with Crippen molar-refractivity contribution in [2.75, 3.05) is 0 Å². The first-order chi connectivity index (χ1) is 15.2. The van der Waals surface area contributed by atoms with Crippen LogP contribution in [0.25, 0.3) is 11.0 Å². The Labute approximate surface area is 188 Å². The Kier molecular flexibility index (Phi) is 4.85. The third-order valence-electron chi connectivity index (χ3n) is 5.49. The highest BCUT2D eigenvalue weighted by Crippen LogP contribution is 2.42. The standard InChI is InChI=1S/C26H17BrN4/c27-25-24-23(17-16-22(18-28)29-24)31(30-25)26(19-10-4-1-5-11-19,20-12-6-2-7-13-20)21-14-8-3-9-15-21/h1-17H. The van der Waals surface area contributed by atoms with Gasteiger partial charge < -0.3 is 0 Å². The van der Waals surface area contributed by atoms with Gasteiger partial charge in [-0.1, -0.05) is 91.0 Å². The van der Waals surface area contributed by atoms with Gasteiger partial charge in [0.15, 0.2) is 4.60 Å². The fourth-order valence-electron chi connectivity index (χ4n) is 4.19. The minimum Gasteiger partial charge on any atom is -0.242 e. The smallest absolute Gasteiger partial charge is 0.154 e. The van der Waals surface area contributed by atoms with E-state index in [4.69, 9.17) is 5.10 Å². The summed E-state index contributed by atoms with van der Waals surface area (Å²) in [5.74, 6) is 0. The maximum atomic E-state index is 9.33. The van der Waals surface area contributed by atoms with Gasteiger partial charge in [0.2, 0.25) is 0 Å². The Bertz CT molecular complexity index is 1290. The maximum Gasteiger partial charge on any atom is 0.154 e. The van der Waals surface area contributed by atoms with E-state index in [1.807, 2.05) is 65.3 Å². The van der Waals surface area contributed by atoms with Gasteiger partial charge in [0, 0.05) is 0 Å². The van der Waals surface area contributed by atoms with Crippen LogP contribution in [-0.4, -0.2) is 14.8 Å². The zero-order valence-corrected chi connectivity index (χ0v) is 18.1. The molecule has 0 aliphatic heterocycles. The van der Waals surface area contributed by atoms with Crippen molar-refractivity contribution in [3.63, 3.8) is 0 Å². The first kappa shape index (κ1) is 19.2. The molecular formula is C26H17BrN4. The summed E-state index contributed by atoms with van der Waals surface area (Å²) in [4.78, 5) is 4.52. The van der Waals surface area contributed by atoms with Crippen LogP contribution < -0.4 is 0 Å². The maximum absolute atomic E-state index is 9.33. The quantitative estimate of drug-likeness (QED) is 0.310. The molecule has 31 heavy (non-hydrogen) atoms. The molecule has 2 aromatic heterocycles. The van der Waals surface area contributed by atoms with E-state index >= 15 is 0 Å². The third-order valence-corrected chi connectivity index (χ3v) is 6.03. The predicted octanol–water partition coefficient (Wildman–Crippen LogP) is 5.91. The monoisotopic (exact) mass is 464 g/mol. The van der Waals surface area contributed by atoms with Gasteiger partial charge in [-0.3, -0.25) is 0 Å². The molecule has 0 amide bonds. The molecule has 5 heteroatoms. The SMILES string of the molecule is N#Cc1ccc2c(n1)c(Br)nn2C(c1ccccc1)(c1ccccc1)c1ccccc1. The van der Waals surface area contributed by atoms with Crippen LogP contribution in [0.3, 0.4) is 0 Å². The number of hydrogen-bond donors (Lipinski definition) is 0. The molecule has 0 aliphatic carbocycles. The Balaban J connectivity index is 1.97. The summed E-state index contributed by atoms with van der Waals surface area (Å²) >= 11 is 3.59. The summed E-state index contributed by atoms with van der Waals surface area (Å²) in [5, 5.41) is 14.3. The number of rotatable bonds is 4. The molecule has 0 spiro atoms. The van der Waals surface area contributed by atoms with E-state index < -0.39 is 5.54 Å². The number of aromatic nitrogens is 3. The molecule has 2 heterocycles. The molecule has 5 rings (SSSR count). The van der Waals surface area contributed by atoms with E-state index in [2.05, 4.69) is 63.4 Å². The second-order valence-electron chi connectivity index (χ2n) is 7.19. The summed E-state index contributed by atoms with van der Waals surface area (Å²) in [6.45, 7) is 0. The highest BCUT2D eigenvalue weighted by atomic mass is 79.9. The van der Waals surface area contributed by atoms with Gasteiger partial charge in [0.25, 0.3) is 0 Å². The topological polar surface area (TPSA) is 54.5 Å². The van der Waals surface area contributed by atoms with Crippen LogP contribution in [0.1, 0.15) is 22.4 Å². The highest BCUT2D eigenvalue weighted by Gasteiger charge is 2.40. The van der Waals surface area contributed by atoms with Crippen LogP contribution in [0, 0.1) is 11.3 Å². The van der Waals surface area contributed by atoms with Gasteiger partial charge in [-0.05, 0) is 44.8 Å². The second-order valence-corrected chi connectivity index (χ2v) is 7.94. The highest BCUT2D eigenvalue weighted by molar-refractivity contribution is 9.10. The summed E-state index contributed by atoms with van der Waals surface area (Å²) in [6.07, 6.45) is 0. The largest absolute Gasteiger partial charge is 0.242 e. The molecule has 0 saturated heterocycles.